The summed E-state index contributed by atoms with van der Waals surface area (Å²) in [5.41, 5.74) is 4.35. The van der Waals surface area contributed by atoms with Crippen LogP contribution in [0.3, 0.4) is 0 Å². The molecule has 23 heavy (non-hydrogen) atoms. The second-order valence-electron chi connectivity index (χ2n) is 5.14. The van der Waals surface area contributed by atoms with Crippen LogP contribution in [0.25, 0.3) is 27.4 Å². The van der Waals surface area contributed by atoms with Crippen LogP contribution in [-0.2, 0) is 0 Å². The van der Waals surface area contributed by atoms with Gasteiger partial charge in [-0.15, -0.1) is 11.3 Å². The molecule has 0 radical (unpaired) electrons. The molecule has 0 aliphatic rings. The van der Waals surface area contributed by atoms with Gasteiger partial charge in [0.15, 0.2) is 0 Å². The van der Waals surface area contributed by atoms with Gasteiger partial charge in [-0.05, 0) is 35.7 Å². The van der Waals surface area contributed by atoms with Gasteiger partial charge in [-0.25, -0.2) is 4.68 Å². The number of hydrogen-bond donors (Lipinski definition) is 0. The molecule has 2 heterocycles. The van der Waals surface area contributed by atoms with Crippen LogP contribution in [0.5, 0.6) is 0 Å². The van der Waals surface area contributed by atoms with Crippen molar-refractivity contribution in [1.29, 1.82) is 0 Å². The van der Waals surface area contributed by atoms with Gasteiger partial charge in [0.05, 0.1) is 17.6 Å². The summed E-state index contributed by atoms with van der Waals surface area (Å²) in [6, 6.07) is 22.3. The second kappa shape index (κ2) is 6.03. The van der Waals surface area contributed by atoms with E-state index in [2.05, 4.69) is 34.7 Å². The molecular formula is C19H13ClN2S. The fourth-order valence-corrected chi connectivity index (χ4v) is 3.47. The van der Waals surface area contributed by atoms with E-state index in [0.29, 0.717) is 0 Å². The number of nitrogens with zero attached hydrogens (tertiary/aromatic N) is 2. The SMILES string of the molecule is Clc1ccc(-c2c(-c3cccs3)cnn2-c2ccccc2)cc1. The Bertz CT molecular complexity index is 910. The Morgan fingerprint density at radius 2 is 1.65 bits per heavy atom. The van der Waals surface area contributed by atoms with E-state index in [-0.39, 0.29) is 0 Å². The molecule has 0 fully saturated rings. The zero-order chi connectivity index (χ0) is 15.6. The van der Waals surface area contributed by atoms with Gasteiger partial charge in [0, 0.05) is 21.0 Å². The average molecular weight is 337 g/mol. The highest BCUT2D eigenvalue weighted by Crippen LogP contribution is 2.36. The summed E-state index contributed by atoms with van der Waals surface area (Å²) in [6.07, 6.45) is 1.93. The summed E-state index contributed by atoms with van der Waals surface area (Å²) in [4.78, 5) is 1.21. The minimum atomic E-state index is 0.734. The largest absolute Gasteiger partial charge is 0.232 e. The molecule has 2 aromatic heterocycles. The highest BCUT2D eigenvalue weighted by molar-refractivity contribution is 7.13. The summed E-state index contributed by atoms with van der Waals surface area (Å²) < 4.78 is 1.98. The van der Waals surface area contributed by atoms with E-state index in [0.717, 1.165) is 27.5 Å². The van der Waals surface area contributed by atoms with E-state index in [1.165, 1.54) is 4.88 Å². The zero-order valence-corrected chi connectivity index (χ0v) is 13.8. The molecule has 112 valence electrons. The predicted octanol–water partition coefficient (Wildman–Crippen LogP) is 5.92. The molecule has 0 unspecified atom stereocenters. The number of rotatable bonds is 3. The number of hydrogen-bond acceptors (Lipinski definition) is 2. The van der Waals surface area contributed by atoms with Crippen LogP contribution in [0, 0.1) is 0 Å². The Hall–Kier alpha value is -2.36. The lowest BCUT2D eigenvalue weighted by Crippen LogP contribution is -1.98. The molecule has 0 aliphatic heterocycles. The first-order chi connectivity index (χ1) is 11.3. The molecule has 4 aromatic rings. The van der Waals surface area contributed by atoms with Crippen molar-refractivity contribution in [3.8, 4) is 27.4 Å². The van der Waals surface area contributed by atoms with Gasteiger partial charge in [-0.3, -0.25) is 0 Å². The highest BCUT2D eigenvalue weighted by atomic mass is 35.5. The van der Waals surface area contributed by atoms with E-state index in [1.54, 1.807) is 11.3 Å². The highest BCUT2D eigenvalue weighted by Gasteiger charge is 2.16. The molecular weight excluding hydrogens is 324 g/mol. The van der Waals surface area contributed by atoms with Gasteiger partial charge in [0.2, 0.25) is 0 Å². The molecule has 0 atom stereocenters. The number of para-hydroxylation sites is 1. The number of thiophene rings is 1. The zero-order valence-electron chi connectivity index (χ0n) is 12.2. The fraction of sp³-hybridized carbons (Fsp3) is 0. The third-order valence-corrected chi connectivity index (χ3v) is 4.83. The second-order valence-corrected chi connectivity index (χ2v) is 6.52. The molecule has 2 nitrogen and oxygen atoms in total. The summed E-state index contributed by atoms with van der Waals surface area (Å²) in [5, 5.41) is 7.45. The monoisotopic (exact) mass is 336 g/mol. The van der Waals surface area contributed by atoms with E-state index in [9.17, 15) is 0 Å². The van der Waals surface area contributed by atoms with Crippen molar-refractivity contribution in [2.75, 3.05) is 0 Å². The molecule has 4 heteroatoms. The van der Waals surface area contributed by atoms with Crippen molar-refractivity contribution in [2.24, 2.45) is 0 Å². The lowest BCUT2D eigenvalue weighted by Gasteiger charge is -2.10. The Balaban J connectivity index is 1.96. The van der Waals surface area contributed by atoms with Crippen LogP contribution in [0.1, 0.15) is 0 Å². The minimum Gasteiger partial charge on any atom is -0.232 e. The fourth-order valence-electron chi connectivity index (χ4n) is 2.61. The van der Waals surface area contributed by atoms with E-state index >= 15 is 0 Å². The van der Waals surface area contributed by atoms with Crippen molar-refractivity contribution in [3.05, 3.63) is 83.3 Å². The van der Waals surface area contributed by atoms with Crippen LogP contribution in [0.15, 0.2) is 78.3 Å². The molecule has 0 aliphatic carbocycles. The molecule has 0 amide bonds. The molecule has 0 spiro atoms. The maximum Gasteiger partial charge on any atom is 0.0827 e. The third kappa shape index (κ3) is 2.69. The summed E-state index contributed by atoms with van der Waals surface area (Å²) >= 11 is 7.77. The number of aromatic nitrogens is 2. The van der Waals surface area contributed by atoms with Crippen LogP contribution < -0.4 is 0 Å². The smallest absolute Gasteiger partial charge is 0.0827 e. The van der Waals surface area contributed by atoms with E-state index in [4.69, 9.17) is 11.6 Å². The van der Waals surface area contributed by atoms with Gasteiger partial charge in [0.25, 0.3) is 0 Å². The molecule has 0 saturated heterocycles. The lowest BCUT2D eigenvalue weighted by atomic mass is 10.1. The van der Waals surface area contributed by atoms with Crippen molar-refractivity contribution in [1.82, 2.24) is 9.78 Å². The van der Waals surface area contributed by atoms with E-state index < -0.39 is 0 Å². The Labute approximate surface area is 143 Å². The van der Waals surface area contributed by atoms with Gasteiger partial charge >= 0.3 is 0 Å². The average Bonchev–Trinajstić information content (AvgIpc) is 3.25. The summed E-state index contributed by atoms with van der Waals surface area (Å²) in [5.74, 6) is 0. The molecule has 2 aromatic carbocycles. The van der Waals surface area contributed by atoms with Crippen LogP contribution >= 0.6 is 22.9 Å². The van der Waals surface area contributed by atoms with Crippen molar-refractivity contribution < 1.29 is 0 Å². The van der Waals surface area contributed by atoms with Crippen molar-refractivity contribution >= 4 is 22.9 Å². The Morgan fingerprint density at radius 3 is 2.35 bits per heavy atom. The third-order valence-electron chi connectivity index (χ3n) is 3.67. The maximum atomic E-state index is 6.05. The summed E-state index contributed by atoms with van der Waals surface area (Å²) in [7, 11) is 0. The van der Waals surface area contributed by atoms with Crippen molar-refractivity contribution in [2.45, 2.75) is 0 Å². The predicted molar refractivity (Wildman–Crippen MR) is 97.3 cm³/mol. The number of benzene rings is 2. The van der Waals surface area contributed by atoms with E-state index in [1.807, 2.05) is 53.3 Å². The first-order valence-electron chi connectivity index (χ1n) is 7.26. The van der Waals surface area contributed by atoms with Crippen LogP contribution in [0.4, 0.5) is 0 Å². The first-order valence-corrected chi connectivity index (χ1v) is 8.52. The summed E-state index contributed by atoms with van der Waals surface area (Å²) in [6.45, 7) is 0. The van der Waals surface area contributed by atoms with Gasteiger partial charge in [-0.2, -0.15) is 5.10 Å². The van der Waals surface area contributed by atoms with Crippen molar-refractivity contribution in [3.63, 3.8) is 0 Å². The lowest BCUT2D eigenvalue weighted by molar-refractivity contribution is 0.888. The molecule has 0 saturated carbocycles. The van der Waals surface area contributed by atoms with Gasteiger partial charge < -0.3 is 0 Å². The Kier molecular flexibility index (Phi) is 3.74. The topological polar surface area (TPSA) is 17.8 Å². The Morgan fingerprint density at radius 1 is 0.870 bits per heavy atom. The first kappa shape index (κ1) is 14.2. The van der Waals surface area contributed by atoms with Crippen LogP contribution in [0.2, 0.25) is 5.02 Å². The maximum absolute atomic E-state index is 6.05. The van der Waals surface area contributed by atoms with Gasteiger partial charge in [0.1, 0.15) is 0 Å². The molecule has 4 rings (SSSR count). The minimum absolute atomic E-state index is 0.734. The molecule has 0 bridgehead atoms. The number of halogens is 1. The standard InChI is InChI=1S/C19H13ClN2S/c20-15-10-8-14(9-11-15)19-17(18-7-4-12-23-18)13-21-22(19)16-5-2-1-3-6-16/h1-13H. The van der Waals surface area contributed by atoms with Crippen LogP contribution in [-0.4, -0.2) is 9.78 Å². The molecule has 0 N–H and O–H groups in total. The quantitative estimate of drug-likeness (QED) is 0.454. The van der Waals surface area contributed by atoms with Gasteiger partial charge in [-0.1, -0.05) is 48.0 Å². The normalized spacial score (nSPS) is 10.8.